The SMILES string of the molecule is O=C1S/C(=C\c2cccc([N+](=O)[O-])c2)C(=O)N1c1ccc(F)cc1. The summed E-state index contributed by atoms with van der Waals surface area (Å²) in [4.78, 5) is 35.8. The smallest absolute Gasteiger partial charge is 0.268 e. The summed E-state index contributed by atoms with van der Waals surface area (Å²) in [6.07, 6.45) is 1.42. The Bertz CT molecular complexity index is 880. The van der Waals surface area contributed by atoms with E-state index in [2.05, 4.69) is 0 Å². The second kappa shape index (κ2) is 6.25. The van der Waals surface area contributed by atoms with E-state index >= 15 is 0 Å². The Morgan fingerprint density at radius 1 is 1.12 bits per heavy atom. The van der Waals surface area contributed by atoms with Crippen LogP contribution in [0.1, 0.15) is 5.56 Å². The molecule has 3 rings (SSSR count). The zero-order chi connectivity index (χ0) is 17.3. The van der Waals surface area contributed by atoms with Gasteiger partial charge in [-0.05, 0) is 47.7 Å². The highest BCUT2D eigenvalue weighted by Crippen LogP contribution is 2.35. The Kier molecular flexibility index (Phi) is 4.13. The average Bonchev–Trinajstić information content (AvgIpc) is 2.83. The van der Waals surface area contributed by atoms with Crippen molar-refractivity contribution in [2.45, 2.75) is 0 Å². The molecule has 0 radical (unpaired) electrons. The molecule has 0 saturated carbocycles. The summed E-state index contributed by atoms with van der Waals surface area (Å²) < 4.78 is 13.0. The minimum absolute atomic E-state index is 0.110. The fourth-order valence-electron chi connectivity index (χ4n) is 2.16. The van der Waals surface area contributed by atoms with Crippen LogP contribution in [0.4, 0.5) is 20.6 Å². The van der Waals surface area contributed by atoms with Crippen LogP contribution in [0.3, 0.4) is 0 Å². The third-order valence-corrected chi connectivity index (χ3v) is 4.13. The molecule has 0 spiro atoms. The van der Waals surface area contributed by atoms with Crippen LogP contribution in [0.25, 0.3) is 6.08 Å². The van der Waals surface area contributed by atoms with Crippen molar-refractivity contribution in [3.05, 3.63) is 74.9 Å². The Labute approximate surface area is 139 Å². The number of non-ortho nitro benzene ring substituents is 1. The molecule has 2 aromatic carbocycles. The van der Waals surface area contributed by atoms with Crippen molar-refractivity contribution in [2.75, 3.05) is 4.90 Å². The molecule has 1 fully saturated rings. The first-order chi connectivity index (χ1) is 11.5. The first-order valence-electron chi connectivity index (χ1n) is 6.74. The second-order valence-corrected chi connectivity index (χ2v) is 5.84. The van der Waals surface area contributed by atoms with Crippen LogP contribution >= 0.6 is 11.8 Å². The van der Waals surface area contributed by atoms with Crippen LogP contribution in [0.15, 0.2) is 53.4 Å². The van der Waals surface area contributed by atoms with Crippen molar-refractivity contribution in [1.82, 2.24) is 0 Å². The van der Waals surface area contributed by atoms with Crippen LogP contribution in [0.5, 0.6) is 0 Å². The summed E-state index contributed by atoms with van der Waals surface area (Å²) in [5.41, 5.74) is 0.594. The van der Waals surface area contributed by atoms with Gasteiger partial charge in [0.1, 0.15) is 5.82 Å². The number of rotatable bonds is 3. The van der Waals surface area contributed by atoms with Crippen molar-refractivity contribution >= 4 is 40.4 Å². The summed E-state index contributed by atoms with van der Waals surface area (Å²) in [6.45, 7) is 0. The van der Waals surface area contributed by atoms with Crippen LogP contribution in [-0.4, -0.2) is 16.1 Å². The van der Waals surface area contributed by atoms with Crippen molar-refractivity contribution in [3.63, 3.8) is 0 Å². The number of imide groups is 1. The second-order valence-electron chi connectivity index (χ2n) is 4.85. The quantitative estimate of drug-likeness (QED) is 0.478. The molecule has 0 N–H and O–H groups in total. The third kappa shape index (κ3) is 3.04. The Morgan fingerprint density at radius 2 is 1.83 bits per heavy atom. The number of nitrogens with zero attached hydrogens (tertiary/aromatic N) is 2. The summed E-state index contributed by atoms with van der Waals surface area (Å²) in [5, 5.41) is 10.3. The summed E-state index contributed by atoms with van der Waals surface area (Å²) in [5.74, 6) is -1.03. The van der Waals surface area contributed by atoms with Gasteiger partial charge in [0.2, 0.25) is 0 Å². The van der Waals surface area contributed by atoms with Crippen molar-refractivity contribution in [1.29, 1.82) is 0 Å². The van der Waals surface area contributed by atoms with E-state index in [0.29, 0.717) is 5.56 Å². The minimum Gasteiger partial charge on any atom is -0.268 e. The lowest BCUT2D eigenvalue weighted by molar-refractivity contribution is -0.384. The molecule has 0 aliphatic carbocycles. The number of carbonyl (C=O) groups is 2. The maximum Gasteiger partial charge on any atom is 0.298 e. The molecule has 8 heteroatoms. The number of hydrogen-bond donors (Lipinski definition) is 0. The maximum absolute atomic E-state index is 13.0. The molecule has 24 heavy (non-hydrogen) atoms. The number of carbonyl (C=O) groups excluding carboxylic acids is 2. The van der Waals surface area contributed by atoms with Gasteiger partial charge in [0.25, 0.3) is 16.8 Å². The van der Waals surface area contributed by atoms with E-state index in [1.165, 1.54) is 36.4 Å². The predicted molar refractivity (Wildman–Crippen MR) is 87.9 cm³/mol. The van der Waals surface area contributed by atoms with E-state index in [1.54, 1.807) is 6.07 Å². The lowest BCUT2D eigenvalue weighted by atomic mass is 10.2. The maximum atomic E-state index is 13.0. The van der Waals surface area contributed by atoms with Crippen LogP contribution < -0.4 is 4.90 Å². The number of anilines is 1. The highest BCUT2D eigenvalue weighted by atomic mass is 32.2. The lowest BCUT2D eigenvalue weighted by Crippen LogP contribution is -2.27. The van der Waals surface area contributed by atoms with Gasteiger partial charge in [-0.1, -0.05) is 12.1 Å². The zero-order valence-corrected chi connectivity index (χ0v) is 12.8. The molecule has 0 atom stereocenters. The highest BCUT2D eigenvalue weighted by molar-refractivity contribution is 8.19. The lowest BCUT2D eigenvalue weighted by Gasteiger charge is -2.11. The van der Waals surface area contributed by atoms with Gasteiger partial charge < -0.3 is 0 Å². The Balaban J connectivity index is 1.92. The number of nitro benzene ring substituents is 1. The monoisotopic (exact) mass is 344 g/mol. The summed E-state index contributed by atoms with van der Waals surface area (Å²) >= 11 is 0.725. The van der Waals surface area contributed by atoms with Gasteiger partial charge in [-0.15, -0.1) is 0 Å². The topological polar surface area (TPSA) is 80.5 Å². The van der Waals surface area contributed by atoms with Crippen LogP contribution in [0, 0.1) is 15.9 Å². The average molecular weight is 344 g/mol. The van der Waals surface area contributed by atoms with Crippen molar-refractivity contribution in [3.8, 4) is 0 Å². The molecule has 2 amide bonds. The van der Waals surface area contributed by atoms with E-state index in [-0.39, 0.29) is 16.3 Å². The number of thioether (sulfide) groups is 1. The fraction of sp³-hybridized carbons (Fsp3) is 0. The first-order valence-corrected chi connectivity index (χ1v) is 7.55. The molecule has 0 unspecified atom stereocenters. The molecule has 120 valence electrons. The normalized spacial score (nSPS) is 16.0. The molecule has 0 aromatic heterocycles. The van der Waals surface area contributed by atoms with Gasteiger partial charge in [-0.2, -0.15) is 0 Å². The van der Waals surface area contributed by atoms with E-state index < -0.39 is 21.9 Å². The fourth-order valence-corrected chi connectivity index (χ4v) is 3.00. The molecule has 6 nitrogen and oxygen atoms in total. The van der Waals surface area contributed by atoms with E-state index in [4.69, 9.17) is 0 Å². The summed E-state index contributed by atoms with van der Waals surface area (Å²) in [7, 11) is 0. The Hall–Kier alpha value is -3.00. The molecule has 1 aliphatic heterocycles. The largest absolute Gasteiger partial charge is 0.298 e. The first kappa shape index (κ1) is 15.9. The number of hydrogen-bond acceptors (Lipinski definition) is 5. The van der Waals surface area contributed by atoms with Crippen LogP contribution in [0.2, 0.25) is 0 Å². The number of benzene rings is 2. The number of halogens is 1. The van der Waals surface area contributed by atoms with Gasteiger partial charge >= 0.3 is 0 Å². The van der Waals surface area contributed by atoms with Crippen molar-refractivity contribution < 1.29 is 18.9 Å². The van der Waals surface area contributed by atoms with Crippen molar-refractivity contribution in [2.24, 2.45) is 0 Å². The van der Waals surface area contributed by atoms with E-state index in [9.17, 15) is 24.1 Å². The van der Waals surface area contributed by atoms with Gasteiger partial charge in [0.05, 0.1) is 15.5 Å². The molecular weight excluding hydrogens is 335 g/mol. The van der Waals surface area contributed by atoms with Gasteiger partial charge in [0, 0.05) is 12.1 Å². The van der Waals surface area contributed by atoms with Gasteiger partial charge in [-0.25, -0.2) is 9.29 Å². The van der Waals surface area contributed by atoms with Crippen LogP contribution in [-0.2, 0) is 4.79 Å². The van der Waals surface area contributed by atoms with E-state index in [1.807, 2.05) is 0 Å². The Morgan fingerprint density at radius 3 is 2.50 bits per heavy atom. The zero-order valence-electron chi connectivity index (χ0n) is 12.0. The molecule has 1 heterocycles. The van der Waals surface area contributed by atoms with E-state index in [0.717, 1.165) is 28.8 Å². The molecule has 0 bridgehead atoms. The van der Waals surface area contributed by atoms with Gasteiger partial charge in [0.15, 0.2) is 0 Å². The molecule has 1 aliphatic rings. The number of nitro groups is 1. The number of amides is 2. The predicted octanol–water partition coefficient (Wildman–Crippen LogP) is 3.97. The molecule has 2 aromatic rings. The molecular formula is C16H9FN2O4S. The molecule has 1 saturated heterocycles. The highest BCUT2D eigenvalue weighted by Gasteiger charge is 2.36. The minimum atomic E-state index is -0.553. The summed E-state index contributed by atoms with van der Waals surface area (Å²) in [6, 6.07) is 10.7. The third-order valence-electron chi connectivity index (χ3n) is 3.26. The van der Waals surface area contributed by atoms with Gasteiger partial charge in [-0.3, -0.25) is 19.7 Å². The standard InChI is InChI=1S/C16H9FN2O4S/c17-11-4-6-12(7-5-11)18-15(20)14(24-16(18)21)9-10-2-1-3-13(8-10)19(22)23/h1-9H/b14-9-.